The Labute approximate surface area is 172 Å². The van der Waals surface area contributed by atoms with Gasteiger partial charge in [-0.05, 0) is 32.1 Å². The van der Waals surface area contributed by atoms with Crippen LogP contribution in [0.2, 0.25) is 0 Å². The molecule has 0 bridgehead atoms. The van der Waals surface area contributed by atoms with Gasteiger partial charge in [-0.2, -0.15) is 0 Å². The summed E-state index contributed by atoms with van der Waals surface area (Å²) in [7, 11) is 0. The summed E-state index contributed by atoms with van der Waals surface area (Å²) >= 11 is 0. The van der Waals surface area contributed by atoms with Crippen molar-refractivity contribution in [3.8, 4) is 0 Å². The monoisotopic (exact) mass is 400 g/mol. The molecule has 1 aliphatic rings. The lowest BCUT2D eigenvalue weighted by Gasteiger charge is -2.23. The molecule has 0 aromatic rings. The molecule has 3 N–H and O–H groups in total. The molecule has 0 amide bonds. The average Bonchev–Trinajstić information content (AvgIpc) is 3.07. The van der Waals surface area contributed by atoms with Crippen LogP contribution in [0.4, 0.5) is 0 Å². The zero-order valence-electron chi connectivity index (χ0n) is 17.9. The van der Waals surface area contributed by atoms with E-state index in [9.17, 15) is 10.2 Å². The van der Waals surface area contributed by atoms with E-state index in [0.29, 0.717) is 6.61 Å². The molecule has 1 fully saturated rings. The number of unbranched alkanes of at least 4 members (excludes halogenated alkanes) is 11. The van der Waals surface area contributed by atoms with Crippen molar-refractivity contribution in [3.05, 3.63) is 12.2 Å². The predicted molar refractivity (Wildman–Crippen MR) is 113 cm³/mol. The molecule has 0 aromatic heterocycles. The summed E-state index contributed by atoms with van der Waals surface area (Å²) in [5.74, 6) is 0. The highest BCUT2D eigenvalue weighted by Gasteiger charge is 2.40. The summed E-state index contributed by atoms with van der Waals surface area (Å²) in [4.78, 5) is 0. The van der Waals surface area contributed by atoms with Crippen LogP contribution in [-0.2, 0) is 9.47 Å². The van der Waals surface area contributed by atoms with Gasteiger partial charge in [0.05, 0.1) is 13.2 Å². The third kappa shape index (κ3) is 11.5. The summed E-state index contributed by atoms with van der Waals surface area (Å²) in [5.41, 5.74) is 0. The Hall–Kier alpha value is -0.460. The van der Waals surface area contributed by atoms with Crippen LogP contribution in [0.25, 0.3) is 0 Å². The van der Waals surface area contributed by atoms with Crippen molar-refractivity contribution in [1.82, 2.24) is 0 Å². The second-order valence-corrected chi connectivity index (χ2v) is 8.03. The van der Waals surface area contributed by atoms with Crippen molar-refractivity contribution >= 4 is 0 Å². The molecule has 0 radical (unpaired) electrons. The Morgan fingerprint density at radius 2 is 1.50 bits per heavy atom. The van der Waals surface area contributed by atoms with Crippen LogP contribution in [0.15, 0.2) is 12.2 Å². The normalized spacial score (nSPS) is 23.6. The van der Waals surface area contributed by atoms with Crippen molar-refractivity contribution in [2.45, 2.75) is 115 Å². The number of aliphatic hydroxyl groups is 3. The minimum absolute atomic E-state index is 0.147. The first kappa shape index (κ1) is 25.6. The van der Waals surface area contributed by atoms with Crippen LogP contribution >= 0.6 is 0 Å². The fourth-order valence-electron chi connectivity index (χ4n) is 3.65. The van der Waals surface area contributed by atoms with Gasteiger partial charge in [0.25, 0.3) is 0 Å². The van der Waals surface area contributed by atoms with Crippen molar-refractivity contribution < 1.29 is 24.8 Å². The standard InChI is InChI=1S/C23H44O5/c1-2-3-4-5-6-7-8-9-10-11-12-13-14-15-16-17-27-23-21(26)19-28-22(23)20(25)18-24/h12-13,20-26H,2-11,14-19H2,1H3/b13-12+/t20-,21+,22+,23+/m0/s1. The van der Waals surface area contributed by atoms with Crippen LogP contribution in [0.5, 0.6) is 0 Å². The van der Waals surface area contributed by atoms with E-state index < -0.39 is 24.4 Å². The molecule has 1 heterocycles. The van der Waals surface area contributed by atoms with E-state index >= 15 is 0 Å². The van der Waals surface area contributed by atoms with Gasteiger partial charge < -0.3 is 24.8 Å². The summed E-state index contributed by atoms with van der Waals surface area (Å²) < 4.78 is 11.0. The number of ether oxygens (including phenoxy) is 2. The van der Waals surface area contributed by atoms with E-state index in [-0.39, 0.29) is 13.2 Å². The summed E-state index contributed by atoms with van der Waals surface area (Å²) in [6, 6.07) is 0. The second kappa shape index (κ2) is 17.4. The van der Waals surface area contributed by atoms with Gasteiger partial charge >= 0.3 is 0 Å². The van der Waals surface area contributed by atoms with E-state index in [1.54, 1.807) is 0 Å². The number of hydrogen-bond acceptors (Lipinski definition) is 5. The van der Waals surface area contributed by atoms with E-state index in [1.807, 2.05) is 0 Å². The van der Waals surface area contributed by atoms with Crippen molar-refractivity contribution in [2.24, 2.45) is 0 Å². The lowest BCUT2D eigenvalue weighted by Crippen LogP contribution is -2.42. The zero-order valence-corrected chi connectivity index (χ0v) is 17.9. The number of aliphatic hydroxyl groups excluding tert-OH is 3. The van der Waals surface area contributed by atoms with Gasteiger partial charge in [0.1, 0.15) is 24.4 Å². The molecule has 28 heavy (non-hydrogen) atoms. The summed E-state index contributed by atoms with van der Waals surface area (Å²) in [6.07, 6.45) is 18.2. The Morgan fingerprint density at radius 3 is 2.11 bits per heavy atom. The highest BCUT2D eigenvalue weighted by molar-refractivity contribution is 4.89. The molecule has 1 saturated heterocycles. The Kier molecular flexibility index (Phi) is 15.9. The minimum Gasteiger partial charge on any atom is -0.394 e. The predicted octanol–water partition coefficient (Wildman–Crippen LogP) is 4.13. The van der Waals surface area contributed by atoms with E-state index in [0.717, 1.165) is 19.3 Å². The van der Waals surface area contributed by atoms with E-state index in [4.69, 9.17) is 14.6 Å². The quantitative estimate of drug-likeness (QED) is 0.238. The summed E-state index contributed by atoms with van der Waals surface area (Å²) in [6.45, 7) is 2.56. The number of rotatable bonds is 18. The van der Waals surface area contributed by atoms with Crippen LogP contribution in [0, 0.1) is 0 Å². The smallest absolute Gasteiger partial charge is 0.114 e. The Balaban J connectivity index is 1.90. The van der Waals surface area contributed by atoms with Crippen LogP contribution in [0.1, 0.15) is 90.4 Å². The van der Waals surface area contributed by atoms with Crippen LogP contribution in [-0.4, -0.2) is 59.6 Å². The second-order valence-electron chi connectivity index (χ2n) is 8.03. The number of allylic oxidation sites excluding steroid dienone is 2. The molecule has 1 aliphatic heterocycles. The largest absolute Gasteiger partial charge is 0.394 e. The van der Waals surface area contributed by atoms with Gasteiger partial charge in [-0.25, -0.2) is 0 Å². The molecule has 0 saturated carbocycles. The van der Waals surface area contributed by atoms with Crippen molar-refractivity contribution in [1.29, 1.82) is 0 Å². The van der Waals surface area contributed by atoms with E-state index in [1.165, 1.54) is 64.2 Å². The van der Waals surface area contributed by atoms with Crippen molar-refractivity contribution in [2.75, 3.05) is 19.8 Å². The lowest BCUT2D eigenvalue weighted by molar-refractivity contribution is -0.0937. The van der Waals surface area contributed by atoms with Gasteiger partial charge in [0.15, 0.2) is 0 Å². The first-order chi connectivity index (χ1) is 13.7. The Bertz CT molecular complexity index is 374. The molecule has 166 valence electrons. The molecule has 0 spiro atoms. The van der Waals surface area contributed by atoms with Crippen molar-refractivity contribution in [3.63, 3.8) is 0 Å². The minimum atomic E-state index is -1.01. The third-order valence-corrected chi connectivity index (χ3v) is 5.45. The van der Waals surface area contributed by atoms with Gasteiger partial charge in [-0.15, -0.1) is 0 Å². The fourth-order valence-corrected chi connectivity index (χ4v) is 3.65. The first-order valence-electron chi connectivity index (χ1n) is 11.6. The molecule has 4 atom stereocenters. The van der Waals surface area contributed by atoms with E-state index in [2.05, 4.69) is 19.1 Å². The molecule has 0 aromatic carbocycles. The maximum absolute atomic E-state index is 9.88. The summed E-state index contributed by atoms with van der Waals surface area (Å²) in [5, 5.41) is 28.6. The van der Waals surface area contributed by atoms with Gasteiger partial charge in [-0.3, -0.25) is 0 Å². The molecular formula is C23H44O5. The number of hydrogen-bond donors (Lipinski definition) is 3. The highest BCUT2D eigenvalue weighted by Crippen LogP contribution is 2.21. The molecule has 0 unspecified atom stereocenters. The topological polar surface area (TPSA) is 79.2 Å². The molecular weight excluding hydrogens is 356 g/mol. The maximum atomic E-state index is 9.88. The van der Waals surface area contributed by atoms with Gasteiger partial charge in [-0.1, -0.05) is 70.4 Å². The fraction of sp³-hybridized carbons (Fsp3) is 0.913. The average molecular weight is 401 g/mol. The lowest BCUT2D eigenvalue weighted by atomic mass is 10.1. The SMILES string of the molecule is CCCCCCCCCCC/C=C/CCCCO[C@H]1[C@@H]([C@@H](O)CO)OC[C@H]1O. The van der Waals surface area contributed by atoms with Gasteiger partial charge in [0.2, 0.25) is 0 Å². The van der Waals surface area contributed by atoms with Crippen LogP contribution < -0.4 is 0 Å². The first-order valence-corrected chi connectivity index (χ1v) is 11.6. The molecule has 0 aliphatic carbocycles. The maximum Gasteiger partial charge on any atom is 0.114 e. The Morgan fingerprint density at radius 1 is 0.929 bits per heavy atom. The van der Waals surface area contributed by atoms with Gasteiger partial charge in [0, 0.05) is 6.61 Å². The highest BCUT2D eigenvalue weighted by atomic mass is 16.6. The van der Waals surface area contributed by atoms with Crippen LogP contribution in [0.3, 0.4) is 0 Å². The molecule has 5 nitrogen and oxygen atoms in total. The molecule has 1 rings (SSSR count). The molecule has 5 heteroatoms. The zero-order chi connectivity index (χ0) is 20.5. The third-order valence-electron chi connectivity index (χ3n) is 5.45.